The predicted octanol–water partition coefficient (Wildman–Crippen LogP) is 1.45. The Morgan fingerprint density at radius 2 is 1.71 bits per heavy atom. The van der Waals surface area contributed by atoms with E-state index in [1.807, 2.05) is 0 Å². The van der Waals surface area contributed by atoms with E-state index in [9.17, 15) is 16.8 Å². The molecule has 0 spiro atoms. The number of hydrogen-bond donors (Lipinski definition) is 0. The minimum Gasteiger partial charge on any atom is -0.493 e. The van der Waals surface area contributed by atoms with Crippen LogP contribution in [0.5, 0.6) is 11.5 Å². The number of methoxy groups -OCH3 is 2. The molecule has 0 radical (unpaired) electrons. The molecule has 0 fully saturated rings. The number of benzene rings is 1. The van der Waals surface area contributed by atoms with E-state index in [0.29, 0.717) is 9.46 Å². The smallest absolute Gasteiger partial charge is 0.256 e. The molecule has 8 nitrogen and oxygen atoms in total. The van der Waals surface area contributed by atoms with Gasteiger partial charge in [-0.1, -0.05) is 3.71 Å². The Kier molecular flexibility index (Phi) is 5.21. The topological polar surface area (TPSA) is 103 Å². The zero-order valence-electron chi connectivity index (χ0n) is 13.3. The van der Waals surface area contributed by atoms with Crippen molar-refractivity contribution in [3.05, 3.63) is 42.4 Å². The van der Waals surface area contributed by atoms with E-state index in [4.69, 9.17) is 13.9 Å². The van der Waals surface area contributed by atoms with Crippen LogP contribution < -0.4 is 9.47 Å². The summed E-state index contributed by atoms with van der Waals surface area (Å²) in [5, 5.41) is 0. The lowest BCUT2D eigenvalue weighted by molar-refractivity contribution is 0.353. The van der Waals surface area contributed by atoms with Crippen LogP contribution in [0.4, 0.5) is 0 Å². The Labute approximate surface area is 140 Å². The van der Waals surface area contributed by atoms with Crippen molar-refractivity contribution in [2.24, 2.45) is 0 Å². The van der Waals surface area contributed by atoms with Crippen LogP contribution in [0, 0.1) is 0 Å². The highest BCUT2D eigenvalue weighted by Gasteiger charge is 2.34. The number of sulfonamides is 2. The molecular formula is C14H17NO7S2. The van der Waals surface area contributed by atoms with Crippen molar-refractivity contribution in [3.8, 4) is 11.5 Å². The van der Waals surface area contributed by atoms with Crippen molar-refractivity contribution in [2.45, 2.75) is 11.4 Å². The van der Waals surface area contributed by atoms with Gasteiger partial charge in [0.2, 0.25) is 10.0 Å². The van der Waals surface area contributed by atoms with Gasteiger partial charge in [-0.15, -0.1) is 0 Å². The van der Waals surface area contributed by atoms with Crippen molar-refractivity contribution >= 4 is 20.0 Å². The van der Waals surface area contributed by atoms with Crippen molar-refractivity contribution in [2.75, 3.05) is 20.5 Å². The van der Waals surface area contributed by atoms with Gasteiger partial charge < -0.3 is 13.9 Å². The largest absolute Gasteiger partial charge is 0.493 e. The van der Waals surface area contributed by atoms with Crippen molar-refractivity contribution in [1.29, 1.82) is 0 Å². The van der Waals surface area contributed by atoms with Crippen LogP contribution >= 0.6 is 0 Å². The highest BCUT2D eigenvalue weighted by molar-refractivity contribution is 8.03. The lowest BCUT2D eigenvalue weighted by Gasteiger charge is -2.19. The maximum absolute atomic E-state index is 12.8. The first kappa shape index (κ1) is 18.3. The van der Waals surface area contributed by atoms with Crippen molar-refractivity contribution in [3.63, 3.8) is 0 Å². The molecule has 2 rings (SSSR count). The maximum Gasteiger partial charge on any atom is 0.256 e. The zero-order valence-corrected chi connectivity index (χ0v) is 14.9. The van der Waals surface area contributed by atoms with Gasteiger partial charge in [0.25, 0.3) is 10.0 Å². The third kappa shape index (κ3) is 3.71. The summed E-state index contributed by atoms with van der Waals surface area (Å²) in [6, 6.07) is 6.87. The summed E-state index contributed by atoms with van der Waals surface area (Å²) in [5.74, 6) is 0.697. The molecule has 0 aliphatic heterocycles. The van der Waals surface area contributed by atoms with Gasteiger partial charge in [0.1, 0.15) is 5.76 Å². The van der Waals surface area contributed by atoms with E-state index >= 15 is 0 Å². The van der Waals surface area contributed by atoms with Crippen LogP contribution in [-0.2, 0) is 26.6 Å². The summed E-state index contributed by atoms with van der Waals surface area (Å²) in [4.78, 5) is -0.239. The van der Waals surface area contributed by atoms with Gasteiger partial charge in [0.05, 0.1) is 38.2 Å². The Morgan fingerprint density at radius 1 is 1.04 bits per heavy atom. The summed E-state index contributed by atoms with van der Waals surface area (Å²) in [6.07, 6.45) is 2.15. The third-order valence-corrected chi connectivity index (χ3v) is 6.94. The van der Waals surface area contributed by atoms with E-state index in [1.54, 1.807) is 6.07 Å². The minimum atomic E-state index is -4.34. The predicted molar refractivity (Wildman–Crippen MR) is 85.8 cm³/mol. The molecule has 0 aliphatic rings. The van der Waals surface area contributed by atoms with Crippen LogP contribution in [0.1, 0.15) is 5.76 Å². The molecule has 10 heteroatoms. The highest BCUT2D eigenvalue weighted by Crippen LogP contribution is 2.31. The fourth-order valence-corrected chi connectivity index (χ4v) is 5.08. The van der Waals surface area contributed by atoms with Crippen molar-refractivity contribution < 1.29 is 30.7 Å². The molecule has 0 bridgehead atoms. The maximum atomic E-state index is 12.8. The van der Waals surface area contributed by atoms with Crippen LogP contribution in [0.2, 0.25) is 0 Å². The quantitative estimate of drug-likeness (QED) is 0.721. The number of rotatable bonds is 7. The SMILES string of the molecule is COc1ccc(S(=O)(=O)N(Cc2ccco2)S(C)(=O)=O)cc1OC. The number of furan rings is 1. The second kappa shape index (κ2) is 6.83. The molecule has 0 saturated heterocycles. The van der Waals surface area contributed by atoms with E-state index in [2.05, 4.69) is 0 Å². The summed E-state index contributed by atoms with van der Waals surface area (Å²) < 4.78 is 65.1. The molecule has 0 saturated carbocycles. The molecule has 2 aromatic rings. The number of hydrogen-bond acceptors (Lipinski definition) is 7. The zero-order chi connectivity index (χ0) is 18.0. The fraction of sp³-hybridized carbons (Fsp3) is 0.286. The van der Waals surface area contributed by atoms with E-state index in [0.717, 1.165) is 6.26 Å². The molecule has 0 unspecified atom stereocenters. The number of ether oxygens (including phenoxy) is 2. The molecule has 132 valence electrons. The lowest BCUT2D eigenvalue weighted by atomic mass is 10.3. The van der Waals surface area contributed by atoms with Gasteiger partial charge in [-0.3, -0.25) is 0 Å². The van der Waals surface area contributed by atoms with Gasteiger partial charge in [-0.25, -0.2) is 16.8 Å². The molecule has 0 amide bonds. The first-order valence-electron chi connectivity index (χ1n) is 6.67. The Hall–Kier alpha value is -2.04. The first-order chi connectivity index (χ1) is 11.2. The average Bonchev–Trinajstić information content (AvgIpc) is 3.03. The molecule has 0 atom stereocenters. The van der Waals surface area contributed by atoms with Crippen LogP contribution in [0.25, 0.3) is 0 Å². The summed E-state index contributed by atoms with van der Waals surface area (Å²) >= 11 is 0. The standard InChI is InChI=1S/C14H17NO7S2/c1-20-13-7-6-12(9-14(13)21-2)24(18,19)15(23(3,16)17)10-11-5-4-8-22-11/h4-9H,10H2,1-3H3. The molecule has 0 aliphatic carbocycles. The van der Waals surface area contributed by atoms with Crippen molar-refractivity contribution in [1.82, 2.24) is 3.71 Å². The Bertz CT molecular complexity index is 903. The van der Waals surface area contributed by atoms with E-state index in [1.165, 1.54) is 44.7 Å². The van der Waals surface area contributed by atoms with E-state index < -0.39 is 26.6 Å². The second-order valence-corrected chi connectivity index (χ2v) is 8.80. The normalized spacial score (nSPS) is 12.3. The molecule has 1 aromatic heterocycles. The molecule has 24 heavy (non-hydrogen) atoms. The van der Waals surface area contributed by atoms with Gasteiger partial charge in [0.15, 0.2) is 11.5 Å². The monoisotopic (exact) mass is 375 g/mol. The first-order valence-corrected chi connectivity index (χ1v) is 9.96. The van der Waals surface area contributed by atoms with E-state index in [-0.39, 0.29) is 16.4 Å². The van der Waals surface area contributed by atoms with Gasteiger partial charge in [-0.2, -0.15) is 0 Å². The Balaban J connectivity index is 2.52. The number of nitrogens with zero attached hydrogens (tertiary/aromatic N) is 1. The van der Waals surface area contributed by atoms with Gasteiger partial charge >= 0.3 is 0 Å². The third-order valence-electron chi connectivity index (χ3n) is 3.16. The van der Waals surface area contributed by atoms with Crippen LogP contribution in [-0.4, -0.2) is 41.0 Å². The molecule has 1 heterocycles. The molecule has 1 aromatic carbocycles. The summed E-state index contributed by atoms with van der Waals surface area (Å²) in [6.45, 7) is -0.442. The minimum absolute atomic E-state index is 0.171. The second-order valence-electron chi connectivity index (χ2n) is 4.80. The summed E-state index contributed by atoms with van der Waals surface area (Å²) in [7, 11) is -5.65. The van der Waals surface area contributed by atoms with Crippen LogP contribution in [0.3, 0.4) is 0 Å². The molecule has 0 N–H and O–H groups in total. The Morgan fingerprint density at radius 3 is 2.21 bits per heavy atom. The van der Waals surface area contributed by atoms with Gasteiger partial charge in [-0.05, 0) is 24.3 Å². The molecular weight excluding hydrogens is 358 g/mol. The van der Waals surface area contributed by atoms with Crippen LogP contribution in [0.15, 0.2) is 45.9 Å². The highest BCUT2D eigenvalue weighted by atomic mass is 32.3. The average molecular weight is 375 g/mol. The summed E-state index contributed by atoms with van der Waals surface area (Å²) in [5.41, 5.74) is 0. The lowest BCUT2D eigenvalue weighted by Crippen LogP contribution is -2.35. The van der Waals surface area contributed by atoms with Gasteiger partial charge in [0, 0.05) is 6.07 Å². The fourth-order valence-electron chi connectivity index (χ4n) is 2.00.